The minimum absolute atomic E-state index is 0.101. The predicted octanol–water partition coefficient (Wildman–Crippen LogP) is 4.60. The molecule has 0 unspecified atom stereocenters. The summed E-state index contributed by atoms with van der Waals surface area (Å²) in [7, 11) is 0. The Hall–Kier alpha value is -3.09. The lowest BCUT2D eigenvalue weighted by atomic mass is 9.95. The topological polar surface area (TPSA) is 49.4 Å². The van der Waals surface area contributed by atoms with Crippen molar-refractivity contribution >= 4 is 23.6 Å². The molecule has 7 heteroatoms. The molecule has 0 bridgehead atoms. The Morgan fingerprint density at radius 2 is 1.59 bits per heavy atom. The zero-order valence-electron chi connectivity index (χ0n) is 15.7. The number of amides is 2. The van der Waals surface area contributed by atoms with Crippen LogP contribution in [0.5, 0.6) is 0 Å². The van der Waals surface area contributed by atoms with Crippen molar-refractivity contribution in [2.24, 2.45) is 5.92 Å². The van der Waals surface area contributed by atoms with Crippen LogP contribution in [0.15, 0.2) is 60.7 Å². The number of hydrogen-bond donors (Lipinski definition) is 1. The summed E-state index contributed by atoms with van der Waals surface area (Å²) in [4.78, 5) is 26.4. The average Bonchev–Trinajstić information content (AvgIpc) is 2.72. The van der Waals surface area contributed by atoms with Gasteiger partial charge in [0, 0.05) is 30.8 Å². The van der Waals surface area contributed by atoms with E-state index in [4.69, 9.17) is 0 Å². The molecule has 4 nitrogen and oxygen atoms in total. The van der Waals surface area contributed by atoms with Crippen LogP contribution in [0.4, 0.5) is 18.9 Å². The van der Waals surface area contributed by atoms with Crippen LogP contribution in [0.2, 0.25) is 0 Å². The Balaban J connectivity index is 1.49. The van der Waals surface area contributed by atoms with Crippen LogP contribution in [-0.2, 0) is 15.8 Å². The van der Waals surface area contributed by atoms with Crippen LogP contribution in [0.1, 0.15) is 24.0 Å². The number of alkyl halides is 3. The zero-order valence-corrected chi connectivity index (χ0v) is 15.7. The van der Waals surface area contributed by atoms with Gasteiger partial charge in [-0.15, -0.1) is 0 Å². The summed E-state index contributed by atoms with van der Waals surface area (Å²) in [6.07, 6.45) is -0.102. The third-order valence-corrected chi connectivity index (χ3v) is 4.88. The second-order valence-electron chi connectivity index (χ2n) is 6.91. The maximum Gasteiger partial charge on any atom is 0.416 e. The number of nitrogens with zero attached hydrogens (tertiary/aromatic N) is 1. The average molecular weight is 402 g/mol. The minimum atomic E-state index is -4.41. The minimum Gasteiger partial charge on any atom is -0.339 e. The van der Waals surface area contributed by atoms with Gasteiger partial charge in [0.2, 0.25) is 11.8 Å². The molecule has 2 aromatic carbocycles. The van der Waals surface area contributed by atoms with Crippen molar-refractivity contribution in [2.45, 2.75) is 19.0 Å². The zero-order chi connectivity index (χ0) is 20.9. The number of hydrogen-bond acceptors (Lipinski definition) is 2. The lowest BCUT2D eigenvalue weighted by Gasteiger charge is -2.30. The van der Waals surface area contributed by atoms with Gasteiger partial charge >= 0.3 is 6.18 Å². The van der Waals surface area contributed by atoms with E-state index in [0.717, 1.165) is 17.7 Å². The standard InChI is InChI=1S/C22H21F3N2O2/c23-22(24,25)18-7-9-19(10-8-18)26-21(29)17-12-14-27(15-13-17)20(28)11-6-16-4-2-1-3-5-16/h1-11,17H,12-15H2,(H,26,29)/b11-6+. The van der Waals surface area contributed by atoms with Crippen LogP contribution in [0.25, 0.3) is 6.08 Å². The van der Waals surface area contributed by atoms with Crippen molar-refractivity contribution in [3.8, 4) is 0 Å². The van der Waals surface area contributed by atoms with Crippen LogP contribution in [0.3, 0.4) is 0 Å². The molecule has 1 saturated heterocycles. The van der Waals surface area contributed by atoms with Crippen molar-refractivity contribution < 1.29 is 22.8 Å². The van der Waals surface area contributed by atoms with Gasteiger partial charge in [-0.25, -0.2) is 0 Å². The molecular weight excluding hydrogens is 381 g/mol. The van der Waals surface area contributed by atoms with Gasteiger partial charge in [0.15, 0.2) is 0 Å². The Bertz CT molecular complexity index is 869. The molecule has 1 fully saturated rings. The number of carbonyl (C=O) groups excluding carboxylic acids is 2. The fourth-order valence-corrected chi connectivity index (χ4v) is 3.19. The van der Waals surface area contributed by atoms with E-state index in [2.05, 4.69) is 5.32 Å². The predicted molar refractivity (Wildman–Crippen MR) is 105 cm³/mol. The monoisotopic (exact) mass is 402 g/mol. The maximum atomic E-state index is 12.6. The summed E-state index contributed by atoms with van der Waals surface area (Å²) in [5.41, 5.74) is 0.504. The number of benzene rings is 2. The number of anilines is 1. The number of nitrogens with one attached hydrogen (secondary N) is 1. The van der Waals surface area contributed by atoms with Crippen molar-refractivity contribution in [2.75, 3.05) is 18.4 Å². The second-order valence-corrected chi connectivity index (χ2v) is 6.91. The molecule has 1 heterocycles. The number of rotatable bonds is 4. The van der Waals surface area contributed by atoms with E-state index < -0.39 is 11.7 Å². The van der Waals surface area contributed by atoms with Gasteiger partial charge in [-0.1, -0.05) is 30.3 Å². The van der Waals surface area contributed by atoms with Crippen LogP contribution >= 0.6 is 0 Å². The van der Waals surface area contributed by atoms with Crippen LogP contribution in [-0.4, -0.2) is 29.8 Å². The van der Waals surface area contributed by atoms with Gasteiger partial charge in [0.05, 0.1) is 5.56 Å². The van der Waals surface area contributed by atoms with E-state index >= 15 is 0 Å². The van der Waals surface area contributed by atoms with Crippen LogP contribution < -0.4 is 5.32 Å². The first-order valence-electron chi connectivity index (χ1n) is 9.33. The van der Waals surface area contributed by atoms with Crippen LogP contribution in [0, 0.1) is 5.92 Å². The third-order valence-electron chi connectivity index (χ3n) is 4.88. The van der Waals surface area contributed by atoms with Gasteiger partial charge in [0.25, 0.3) is 0 Å². The van der Waals surface area contributed by atoms with E-state index in [0.29, 0.717) is 31.6 Å². The van der Waals surface area contributed by atoms with Gasteiger partial charge < -0.3 is 10.2 Å². The SMILES string of the molecule is O=C(Nc1ccc(C(F)(F)F)cc1)C1CCN(C(=O)/C=C/c2ccccc2)CC1. The largest absolute Gasteiger partial charge is 0.416 e. The van der Waals surface area contributed by atoms with Gasteiger partial charge in [0.1, 0.15) is 0 Å². The van der Waals surface area contributed by atoms with Gasteiger partial charge in [-0.3, -0.25) is 9.59 Å². The molecule has 0 radical (unpaired) electrons. The highest BCUT2D eigenvalue weighted by Crippen LogP contribution is 2.30. The molecule has 2 aromatic rings. The maximum absolute atomic E-state index is 12.6. The first-order chi connectivity index (χ1) is 13.8. The molecule has 1 aliphatic rings. The molecule has 29 heavy (non-hydrogen) atoms. The van der Waals surface area contributed by atoms with E-state index in [1.165, 1.54) is 18.2 Å². The van der Waals surface area contributed by atoms with Crippen molar-refractivity contribution in [1.82, 2.24) is 4.90 Å². The Kier molecular flexibility index (Phi) is 6.36. The third kappa shape index (κ3) is 5.70. The molecule has 0 saturated carbocycles. The summed E-state index contributed by atoms with van der Waals surface area (Å²) in [6, 6.07) is 13.9. The molecule has 0 atom stereocenters. The fourth-order valence-electron chi connectivity index (χ4n) is 3.19. The highest BCUT2D eigenvalue weighted by molar-refractivity contribution is 5.94. The first-order valence-corrected chi connectivity index (χ1v) is 9.33. The quantitative estimate of drug-likeness (QED) is 0.760. The summed E-state index contributed by atoms with van der Waals surface area (Å²) >= 11 is 0. The smallest absolute Gasteiger partial charge is 0.339 e. The highest BCUT2D eigenvalue weighted by atomic mass is 19.4. The Labute approximate surface area is 167 Å². The number of carbonyl (C=O) groups is 2. The Morgan fingerprint density at radius 3 is 2.17 bits per heavy atom. The number of likely N-dealkylation sites (tertiary alicyclic amines) is 1. The molecule has 0 aromatic heterocycles. The fraction of sp³-hybridized carbons (Fsp3) is 0.273. The molecule has 1 N–H and O–H groups in total. The van der Waals surface area contributed by atoms with Crippen molar-refractivity contribution in [3.05, 3.63) is 71.8 Å². The van der Waals surface area contributed by atoms with Gasteiger partial charge in [-0.05, 0) is 48.7 Å². The summed E-state index contributed by atoms with van der Waals surface area (Å²) in [5.74, 6) is -0.619. The first kappa shape index (κ1) is 20.6. The molecule has 1 aliphatic heterocycles. The lowest BCUT2D eigenvalue weighted by Crippen LogP contribution is -2.40. The molecule has 2 amide bonds. The Morgan fingerprint density at radius 1 is 0.966 bits per heavy atom. The van der Waals surface area contributed by atoms with E-state index in [9.17, 15) is 22.8 Å². The van der Waals surface area contributed by atoms with Gasteiger partial charge in [-0.2, -0.15) is 13.2 Å². The normalized spacial score (nSPS) is 15.5. The molecule has 0 aliphatic carbocycles. The number of halogens is 3. The number of piperidine rings is 1. The molecular formula is C22H21F3N2O2. The molecule has 3 rings (SSSR count). The second kappa shape index (κ2) is 8.94. The summed E-state index contributed by atoms with van der Waals surface area (Å²) in [5, 5.41) is 2.66. The van der Waals surface area contributed by atoms with E-state index in [-0.39, 0.29) is 17.7 Å². The molecule has 0 spiro atoms. The van der Waals surface area contributed by atoms with Crippen molar-refractivity contribution in [1.29, 1.82) is 0 Å². The summed E-state index contributed by atoms with van der Waals surface area (Å²) < 4.78 is 37.8. The molecule has 152 valence electrons. The van der Waals surface area contributed by atoms with Crippen molar-refractivity contribution in [3.63, 3.8) is 0 Å². The highest BCUT2D eigenvalue weighted by Gasteiger charge is 2.30. The lowest BCUT2D eigenvalue weighted by molar-refractivity contribution is -0.137. The van der Waals surface area contributed by atoms with E-state index in [1.54, 1.807) is 11.0 Å². The summed E-state index contributed by atoms with van der Waals surface area (Å²) in [6.45, 7) is 0.923. The van der Waals surface area contributed by atoms with E-state index in [1.807, 2.05) is 30.3 Å².